The summed E-state index contributed by atoms with van der Waals surface area (Å²) in [5.41, 5.74) is 0.222. The van der Waals surface area contributed by atoms with E-state index in [1.165, 1.54) is 45.6 Å². The minimum absolute atomic E-state index is 0.0838. The molecule has 0 amide bonds. The zero-order valence-corrected chi connectivity index (χ0v) is 14.1. The van der Waals surface area contributed by atoms with E-state index in [2.05, 4.69) is 0 Å². The van der Waals surface area contributed by atoms with Crippen LogP contribution in [0, 0.1) is 0 Å². The van der Waals surface area contributed by atoms with Gasteiger partial charge in [-0.15, -0.1) is 0 Å². The summed E-state index contributed by atoms with van der Waals surface area (Å²) in [4.78, 5) is 24.3. The zero-order chi connectivity index (χ0) is 18.4. The highest BCUT2D eigenvalue weighted by Gasteiger charge is 2.18. The number of Topliss-reactive ketones (excluding diaryl/α,β-unsaturated/α-hetero) is 1. The first-order valence-corrected chi connectivity index (χ1v) is 7.30. The van der Waals surface area contributed by atoms with Crippen LogP contribution < -0.4 is 14.2 Å². The number of benzene rings is 2. The summed E-state index contributed by atoms with van der Waals surface area (Å²) in [5, 5.41) is 9.93. The Morgan fingerprint density at radius 1 is 0.920 bits per heavy atom. The maximum Gasteiger partial charge on any atom is 0.342 e. The van der Waals surface area contributed by atoms with Gasteiger partial charge >= 0.3 is 5.97 Å². The Balaban J connectivity index is 2.08. The van der Waals surface area contributed by atoms with Gasteiger partial charge < -0.3 is 24.1 Å². The Hall–Kier alpha value is -3.22. The van der Waals surface area contributed by atoms with Gasteiger partial charge in [0.2, 0.25) is 0 Å². The average molecular weight is 346 g/mol. The lowest BCUT2D eigenvalue weighted by molar-refractivity contribution is 0.0471. The number of methoxy groups -OCH3 is 3. The molecule has 7 heteroatoms. The Labute approximate surface area is 144 Å². The van der Waals surface area contributed by atoms with Crippen molar-refractivity contribution in [3.8, 4) is 23.0 Å². The van der Waals surface area contributed by atoms with Crippen LogP contribution in [0.1, 0.15) is 20.7 Å². The van der Waals surface area contributed by atoms with E-state index in [0.717, 1.165) is 0 Å². The highest BCUT2D eigenvalue weighted by Crippen LogP contribution is 2.30. The Morgan fingerprint density at radius 2 is 1.60 bits per heavy atom. The minimum atomic E-state index is -0.828. The molecular formula is C18H18O7. The van der Waals surface area contributed by atoms with Crippen LogP contribution in [-0.4, -0.2) is 44.8 Å². The van der Waals surface area contributed by atoms with Gasteiger partial charge in [0.05, 0.1) is 21.3 Å². The second kappa shape index (κ2) is 8.05. The van der Waals surface area contributed by atoms with Crippen LogP contribution in [-0.2, 0) is 4.74 Å². The van der Waals surface area contributed by atoms with Crippen LogP contribution in [0.15, 0.2) is 36.4 Å². The first-order valence-electron chi connectivity index (χ1n) is 7.30. The van der Waals surface area contributed by atoms with Gasteiger partial charge in [0.15, 0.2) is 35.4 Å². The molecule has 0 atom stereocenters. The first-order chi connectivity index (χ1) is 12.0. The number of esters is 1. The molecule has 0 bridgehead atoms. The number of rotatable bonds is 7. The maximum atomic E-state index is 12.2. The molecule has 0 saturated carbocycles. The van der Waals surface area contributed by atoms with Crippen LogP contribution in [0.2, 0.25) is 0 Å². The SMILES string of the molecule is COc1ccc(C(=O)COC(=O)c2cccc(OC)c2O)cc1OC. The third kappa shape index (κ3) is 4.00. The average Bonchev–Trinajstić information content (AvgIpc) is 2.65. The van der Waals surface area contributed by atoms with Crippen LogP contribution >= 0.6 is 0 Å². The van der Waals surface area contributed by atoms with E-state index in [9.17, 15) is 14.7 Å². The molecule has 0 unspecified atom stereocenters. The van der Waals surface area contributed by atoms with Gasteiger partial charge in [0.25, 0.3) is 0 Å². The molecule has 25 heavy (non-hydrogen) atoms. The molecule has 0 spiro atoms. The summed E-state index contributed by atoms with van der Waals surface area (Å²) in [7, 11) is 4.31. The van der Waals surface area contributed by atoms with Crippen molar-refractivity contribution in [2.24, 2.45) is 0 Å². The van der Waals surface area contributed by atoms with Crippen LogP contribution in [0.5, 0.6) is 23.0 Å². The van der Waals surface area contributed by atoms with Gasteiger partial charge in [0.1, 0.15) is 5.56 Å². The summed E-state index contributed by atoms with van der Waals surface area (Å²) >= 11 is 0. The summed E-state index contributed by atoms with van der Waals surface area (Å²) < 4.78 is 20.1. The predicted molar refractivity (Wildman–Crippen MR) is 88.8 cm³/mol. The van der Waals surface area contributed by atoms with Crippen molar-refractivity contribution >= 4 is 11.8 Å². The molecule has 132 valence electrons. The normalized spacial score (nSPS) is 10.0. The highest BCUT2D eigenvalue weighted by atomic mass is 16.5. The molecule has 0 aliphatic heterocycles. The summed E-state index contributed by atoms with van der Waals surface area (Å²) in [6, 6.07) is 9.04. The van der Waals surface area contributed by atoms with Gasteiger partial charge in [-0.05, 0) is 30.3 Å². The van der Waals surface area contributed by atoms with E-state index < -0.39 is 18.4 Å². The summed E-state index contributed by atoms with van der Waals surface area (Å²) in [6.07, 6.45) is 0. The quantitative estimate of drug-likeness (QED) is 0.608. The fraction of sp³-hybridized carbons (Fsp3) is 0.222. The Kier molecular flexibility index (Phi) is 5.84. The second-order valence-electron chi connectivity index (χ2n) is 4.93. The van der Waals surface area contributed by atoms with E-state index >= 15 is 0 Å². The fourth-order valence-electron chi connectivity index (χ4n) is 2.15. The van der Waals surface area contributed by atoms with Crippen molar-refractivity contribution in [1.29, 1.82) is 0 Å². The predicted octanol–water partition coefficient (Wildman–Crippen LogP) is 2.46. The molecule has 0 aliphatic carbocycles. The minimum Gasteiger partial charge on any atom is -0.504 e. The molecule has 0 aliphatic rings. The summed E-state index contributed by atoms with van der Waals surface area (Å²) in [6.45, 7) is -0.481. The lowest BCUT2D eigenvalue weighted by Gasteiger charge is -2.10. The molecule has 2 aromatic rings. The highest BCUT2D eigenvalue weighted by molar-refractivity contribution is 6.00. The van der Waals surface area contributed by atoms with E-state index in [-0.39, 0.29) is 17.1 Å². The molecule has 2 rings (SSSR count). The van der Waals surface area contributed by atoms with Crippen molar-refractivity contribution in [3.05, 3.63) is 47.5 Å². The molecule has 7 nitrogen and oxygen atoms in total. The summed E-state index contributed by atoms with van der Waals surface area (Å²) in [5.74, 6) is -0.571. The van der Waals surface area contributed by atoms with Crippen molar-refractivity contribution < 1.29 is 33.6 Å². The van der Waals surface area contributed by atoms with E-state index in [1.54, 1.807) is 12.1 Å². The topological polar surface area (TPSA) is 91.3 Å². The molecule has 0 saturated heterocycles. The molecule has 0 aromatic heterocycles. The maximum absolute atomic E-state index is 12.2. The second-order valence-corrected chi connectivity index (χ2v) is 4.93. The molecule has 1 N–H and O–H groups in total. The van der Waals surface area contributed by atoms with Crippen LogP contribution in [0.3, 0.4) is 0 Å². The van der Waals surface area contributed by atoms with Crippen molar-refractivity contribution in [3.63, 3.8) is 0 Å². The number of aromatic hydroxyl groups is 1. The number of ketones is 1. The number of hydrogen-bond acceptors (Lipinski definition) is 7. The van der Waals surface area contributed by atoms with Crippen molar-refractivity contribution in [2.45, 2.75) is 0 Å². The van der Waals surface area contributed by atoms with Crippen molar-refractivity contribution in [2.75, 3.05) is 27.9 Å². The number of carbonyl (C=O) groups is 2. The van der Waals surface area contributed by atoms with Crippen LogP contribution in [0.4, 0.5) is 0 Å². The number of phenolic OH excluding ortho intramolecular Hbond substituents is 1. The largest absolute Gasteiger partial charge is 0.504 e. The van der Waals surface area contributed by atoms with Gasteiger partial charge in [-0.1, -0.05) is 6.07 Å². The molecular weight excluding hydrogens is 328 g/mol. The molecule has 0 radical (unpaired) electrons. The van der Waals surface area contributed by atoms with Gasteiger partial charge in [-0.25, -0.2) is 4.79 Å². The Bertz CT molecular complexity index is 783. The third-order valence-electron chi connectivity index (χ3n) is 3.48. The lowest BCUT2D eigenvalue weighted by atomic mass is 10.1. The van der Waals surface area contributed by atoms with Crippen molar-refractivity contribution in [1.82, 2.24) is 0 Å². The Morgan fingerprint density at radius 3 is 2.24 bits per heavy atom. The molecule has 0 fully saturated rings. The van der Waals surface area contributed by atoms with Crippen LogP contribution in [0.25, 0.3) is 0 Å². The zero-order valence-electron chi connectivity index (χ0n) is 14.1. The van der Waals surface area contributed by atoms with Gasteiger partial charge in [-0.2, -0.15) is 0 Å². The van der Waals surface area contributed by atoms with E-state index in [1.807, 2.05) is 0 Å². The van der Waals surface area contributed by atoms with E-state index in [4.69, 9.17) is 18.9 Å². The third-order valence-corrected chi connectivity index (χ3v) is 3.48. The number of ether oxygens (including phenoxy) is 4. The standard InChI is InChI=1S/C18H18O7/c1-22-14-8-7-11(9-16(14)24-3)13(19)10-25-18(21)12-5-4-6-15(23-2)17(12)20/h4-9,20H,10H2,1-3H3. The smallest absolute Gasteiger partial charge is 0.342 e. The first kappa shape index (κ1) is 18.1. The monoisotopic (exact) mass is 346 g/mol. The molecule has 0 heterocycles. The van der Waals surface area contributed by atoms with E-state index in [0.29, 0.717) is 17.1 Å². The lowest BCUT2D eigenvalue weighted by Crippen LogP contribution is -2.14. The van der Waals surface area contributed by atoms with Gasteiger partial charge in [-0.3, -0.25) is 4.79 Å². The van der Waals surface area contributed by atoms with Gasteiger partial charge in [0, 0.05) is 5.56 Å². The molecule has 2 aromatic carbocycles. The number of para-hydroxylation sites is 1. The number of hydrogen-bond donors (Lipinski definition) is 1. The number of phenols is 1. The number of carbonyl (C=O) groups excluding carboxylic acids is 2. The fourth-order valence-corrected chi connectivity index (χ4v) is 2.15.